The molecule has 3 rings (SSSR count). The first-order chi connectivity index (χ1) is 14.2. The highest BCUT2D eigenvalue weighted by Gasteiger charge is 2.17. The van der Waals surface area contributed by atoms with Crippen LogP contribution in [0.1, 0.15) is 44.9 Å². The van der Waals surface area contributed by atoms with Gasteiger partial charge in [0.1, 0.15) is 18.0 Å². The Hall–Kier alpha value is -3.16. The molecule has 0 aliphatic carbocycles. The van der Waals surface area contributed by atoms with Crippen LogP contribution in [0.15, 0.2) is 29.1 Å². The van der Waals surface area contributed by atoms with Gasteiger partial charge in [-0.15, -0.1) is 0 Å². The van der Waals surface area contributed by atoms with Crippen molar-refractivity contribution in [1.29, 1.82) is 0 Å². The number of nitrogens with one attached hydrogen (secondary N) is 1. The number of carbonyl (C=O) groups excluding carboxylic acids is 1. The molecule has 1 amide bonds. The Bertz CT molecular complexity index is 1130. The molecule has 0 fully saturated rings. The quantitative estimate of drug-likeness (QED) is 0.644. The first-order valence-corrected chi connectivity index (χ1v) is 10.1. The summed E-state index contributed by atoms with van der Waals surface area (Å²) < 4.78 is 8.74. The van der Waals surface area contributed by atoms with Crippen LogP contribution in [0.2, 0.25) is 0 Å². The van der Waals surface area contributed by atoms with Gasteiger partial charge in [-0.25, -0.2) is 9.67 Å². The lowest BCUT2D eigenvalue weighted by Gasteiger charge is -2.16. The zero-order valence-electron chi connectivity index (χ0n) is 18.4. The fourth-order valence-electron chi connectivity index (χ4n) is 3.10. The maximum Gasteiger partial charge on any atom is 0.270 e. The molecule has 0 radical (unpaired) electrons. The topological polar surface area (TPSA) is 91.0 Å². The molecule has 160 valence electrons. The summed E-state index contributed by atoms with van der Waals surface area (Å²) in [6, 6.07) is 7.33. The second-order valence-corrected chi connectivity index (χ2v) is 8.28. The molecule has 30 heavy (non-hydrogen) atoms. The van der Waals surface area contributed by atoms with Gasteiger partial charge < -0.3 is 9.30 Å². The van der Waals surface area contributed by atoms with Crippen LogP contribution in [0.4, 0.5) is 5.95 Å². The van der Waals surface area contributed by atoms with Gasteiger partial charge in [-0.3, -0.25) is 14.9 Å². The highest BCUT2D eigenvalue weighted by atomic mass is 16.5. The second kappa shape index (κ2) is 8.69. The average molecular weight is 412 g/mol. The summed E-state index contributed by atoms with van der Waals surface area (Å²) in [5, 5.41) is 7.18. The van der Waals surface area contributed by atoms with Crippen molar-refractivity contribution < 1.29 is 9.53 Å². The van der Waals surface area contributed by atoms with Crippen molar-refractivity contribution >= 4 is 22.9 Å². The number of benzene rings is 1. The van der Waals surface area contributed by atoms with Gasteiger partial charge in [0.2, 0.25) is 11.9 Å². The fraction of sp³-hybridized carbons (Fsp3) is 0.455. The zero-order chi connectivity index (χ0) is 22.0. The minimum atomic E-state index is -0.381. The number of imidazole rings is 1. The Morgan fingerprint density at radius 1 is 1.20 bits per heavy atom. The molecular weight excluding hydrogens is 382 g/mol. The van der Waals surface area contributed by atoms with Gasteiger partial charge in [-0.1, -0.05) is 33.8 Å². The molecule has 0 aliphatic heterocycles. The molecule has 2 aromatic heterocycles. The Kier molecular flexibility index (Phi) is 6.24. The highest BCUT2D eigenvalue weighted by Crippen LogP contribution is 2.23. The molecule has 0 bridgehead atoms. The maximum absolute atomic E-state index is 12.6. The van der Waals surface area contributed by atoms with Crippen molar-refractivity contribution in [2.24, 2.45) is 13.0 Å². The predicted molar refractivity (Wildman–Crippen MR) is 117 cm³/mol. The monoisotopic (exact) mass is 411 g/mol. The third-order valence-corrected chi connectivity index (χ3v) is 4.69. The molecule has 8 heteroatoms. The number of hydrogen-bond acceptors (Lipinski definition) is 5. The zero-order valence-corrected chi connectivity index (χ0v) is 18.4. The predicted octanol–water partition coefficient (Wildman–Crippen LogP) is 3.24. The minimum absolute atomic E-state index is 0.0464. The van der Waals surface area contributed by atoms with Crippen molar-refractivity contribution in [3.05, 3.63) is 45.9 Å². The number of hydrogen-bond donors (Lipinski definition) is 1. The van der Waals surface area contributed by atoms with Gasteiger partial charge >= 0.3 is 0 Å². The van der Waals surface area contributed by atoms with Crippen LogP contribution in [0.5, 0.6) is 5.75 Å². The molecule has 1 aromatic carbocycles. The van der Waals surface area contributed by atoms with Crippen molar-refractivity contribution in [3.8, 4) is 5.75 Å². The van der Waals surface area contributed by atoms with Crippen molar-refractivity contribution in [2.75, 3.05) is 11.9 Å². The lowest BCUT2D eigenvalue weighted by Crippen LogP contribution is -2.31. The third kappa shape index (κ3) is 4.69. The third-order valence-electron chi connectivity index (χ3n) is 4.69. The van der Waals surface area contributed by atoms with E-state index >= 15 is 0 Å². The molecule has 0 aliphatic rings. The molecule has 0 unspecified atom stereocenters. The van der Waals surface area contributed by atoms with E-state index in [1.165, 1.54) is 10.7 Å². The number of amides is 1. The first kappa shape index (κ1) is 21.5. The largest absolute Gasteiger partial charge is 0.491 e. The van der Waals surface area contributed by atoms with E-state index < -0.39 is 0 Å². The minimum Gasteiger partial charge on any atom is -0.491 e. The average Bonchev–Trinajstić information content (AvgIpc) is 2.96. The number of aromatic nitrogens is 4. The van der Waals surface area contributed by atoms with E-state index in [-0.39, 0.29) is 23.9 Å². The summed E-state index contributed by atoms with van der Waals surface area (Å²) in [5.74, 6) is 0.909. The standard InChI is InChI=1S/C22H29N5O3/c1-13(2)12-30-18-10-20(29)27(25-21(18)14(3)4)11-19(28)24-22-23-16-9-15(5)7-8-17(16)26(22)6/h7-10,13-14H,11-12H2,1-6H3,(H,23,24,28). The van der Waals surface area contributed by atoms with Gasteiger partial charge in [0.25, 0.3) is 5.56 Å². The first-order valence-electron chi connectivity index (χ1n) is 10.1. The second-order valence-electron chi connectivity index (χ2n) is 8.28. The van der Waals surface area contributed by atoms with E-state index in [1.807, 2.05) is 64.4 Å². The van der Waals surface area contributed by atoms with Crippen molar-refractivity contribution in [1.82, 2.24) is 19.3 Å². The van der Waals surface area contributed by atoms with E-state index in [0.717, 1.165) is 16.6 Å². The Morgan fingerprint density at radius 2 is 1.93 bits per heavy atom. The van der Waals surface area contributed by atoms with Gasteiger partial charge in [-0.2, -0.15) is 5.10 Å². The van der Waals surface area contributed by atoms with Gasteiger partial charge in [-0.05, 0) is 30.5 Å². The SMILES string of the molecule is Cc1ccc2c(c1)nc(NC(=O)Cn1nc(C(C)C)c(OCC(C)C)cc1=O)n2C. The summed E-state index contributed by atoms with van der Waals surface area (Å²) in [6.07, 6.45) is 0. The van der Waals surface area contributed by atoms with Gasteiger partial charge in [0.15, 0.2) is 0 Å². The van der Waals surface area contributed by atoms with E-state index in [0.29, 0.717) is 29.9 Å². The number of nitrogens with zero attached hydrogens (tertiary/aromatic N) is 4. The van der Waals surface area contributed by atoms with Crippen LogP contribution in [0.3, 0.4) is 0 Å². The number of anilines is 1. The van der Waals surface area contributed by atoms with Gasteiger partial charge in [0.05, 0.1) is 17.6 Å². The van der Waals surface area contributed by atoms with Gasteiger partial charge in [0, 0.05) is 19.0 Å². The molecule has 1 N–H and O–H groups in total. The lowest BCUT2D eigenvalue weighted by atomic mass is 10.1. The Labute approximate surface area is 175 Å². The number of aryl methyl sites for hydroxylation is 2. The molecule has 3 aromatic rings. The smallest absolute Gasteiger partial charge is 0.270 e. The molecule has 2 heterocycles. The lowest BCUT2D eigenvalue weighted by molar-refractivity contribution is -0.117. The summed E-state index contributed by atoms with van der Waals surface area (Å²) in [7, 11) is 1.84. The summed E-state index contributed by atoms with van der Waals surface area (Å²) in [6.45, 7) is 10.3. The summed E-state index contributed by atoms with van der Waals surface area (Å²) >= 11 is 0. The van der Waals surface area contributed by atoms with E-state index in [4.69, 9.17) is 4.74 Å². The van der Waals surface area contributed by atoms with Crippen LogP contribution >= 0.6 is 0 Å². The Balaban J connectivity index is 1.82. The summed E-state index contributed by atoms with van der Waals surface area (Å²) in [4.78, 5) is 29.6. The highest BCUT2D eigenvalue weighted by molar-refractivity contribution is 5.91. The maximum atomic E-state index is 12.6. The van der Waals surface area contributed by atoms with Crippen LogP contribution in [0, 0.1) is 12.8 Å². The normalized spacial score (nSPS) is 11.5. The summed E-state index contributed by atoms with van der Waals surface area (Å²) in [5.41, 5.74) is 3.09. The number of carbonyl (C=O) groups is 1. The number of fused-ring (bicyclic) bond motifs is 1. The van der Waals surface area contributed by atoms with Crippen LogP contribution in [0.25, 0.3) is 11.0 Å². The molecule has 8 nitrogen and oxygen atoms in total. The number of rotatable bonds is 7. The Morgan fingerprint density at radius 3 is 2.60 bits per heavy atom. The fourth-order valence-corrected chi connectivity index (χ4v) is 3.10. The van der Waals surface area contributed by atoms with E-state index in [9.17, 15) is 9.59 Å². The molecule has 0 atom stereocenters. The van der Waals surface area contributed by atoms with Crippen LogP contribution in [-0.4, -0.2) is 31.8 Å². The molecule has 0 spiro atoms. The molecule has 0 saturated heterocycles. The molecule has 0 saturated carbocycles. The van der Waals surface area contributed by atoms with Crippen molar-refractivity contribution in [3.63, 3.8) is 0 Å². The van der Waals surface area contributed by atoms with Crippen LogP contribution < -0.4 is 15.6 Å². The van der Waals surface area contributed by atoms with E-state index in [2.05, 4.69) is 15.4 Å². The molecular formula is C22H29N5O3. The number of ether oxygens (including phenoxy) is 1. The van der Waals surface area contributed by atoms with Crippen LogP contribution in [-0.2, 0) is 18.4 Å². The van der Waals surface area contributed by atoms with Crippen molar-refractivity contribution in [2.45, 2.75) is 47.1 Å². The van der Waals surface area contributed by atoms with E-state index in [1.54, 1.807) is 0 Å².